The van der Waals surface area contributed by atoms with E-state index in [9.17, 15) is 4.79 Å². The Balaban J connectivity index is 2.07. The molecule has 21 heavy (non-hydrogen) atoms. The predicted octanol–water partition coefficient (Wildman–Crippen LogP) is 3.46. The fourth-order valence-corrected chi connectivity index (χ4v) is 2.07. The van der Waals surface area contributed by atoms with Crippen LogP contribution in [0.1, 0.15) is 10.5 Å². The molecule has 0 radical (unpaired) electrons. The van der Waals surface area contributed by atoms with Gasteiger partial charge in [0.25, 0.3) is 5.91 Å². The number of carbonyl (C=O) groups excluding carboxylic acids is 1. The average Bonchev–Trinajstić information content (AvgIpc) is 2.58. The molecular weight excluding hydrogens is 262 g/mol. The summed E-state index contributed by atoms with van der Waals surface area (Å²) >= 11 is 0. The van der Waals surface area contributed by atoms with Gasteiger partial charge in [0, 0.05) is 17.6 Å². The van der Waals surface area contributed by atoms with Crippen LogP contribution in [0.15, 0.2) is 79.3 Å². The van der Waals surface area contributed by atoms with Crippen molar-refractivity contribution in [2.45, 2.75) is 0 Å². The zero-order chi connectivity index (χ0) is 14.5. The first-order valence-electron chi connectivity index (χ1n) is 6.57. The normalized spacial score (nSPS) is 10.1. The molecule has 4 heteroatoms. The molecule has 0 bridgehead atoms. The van der Waals surface area contributed by atoms with Crippen molar-refractivity contribution in [1.82, 2.24) is 9.97 Å². The molecule has 1 heterocycles. The van der Waals surface area contributed by atoms with Crippen LogP contribution in [0.3, 0.4) is 0 Å². The summed E-state index contributed by atoms with van der Waals surface area (Å²) in [5.41, 5.74) is 1.96. The van der Waals surface area contributed by atoms with Gasteiger partial charge in [-0.25, -0.2) is 9.97 Å². The topological polar surface area (TPSA) is 46.1 Å². The maximum atomic E-state index is 12.8. The van der Waals surface area contributed by atoms with Gasteiger partial charge >= 0.3 is 0 Å². The van der Waals surface area contributed by atoms with Crippen molar-refractivity contribution in [3.8, 4) is 0 Å². The molecule has 1 aromatic heterocycles. The minimum Gasteiger partial charge on any atom is -0.276 e. The van der Waals surface area contributed by atoms with Crippen molar-refractivity contribution in [2.75, 3.05) is 4.90 Å². The Labute approximate surface area is 122 Å². The van der Waals surface area contributed by atoms with Crippen molar-refractivity contribution in [1.29, 1.82) is 0 Å². The molecule has 0 spiro atoms. The third-order valence-electron chi connectivity index (χ3n) is 3.03. The molecule has 0 aliphatic rings. The molecule has 1 amide bonds. The zero-order valence-electron chi connectivity index (χ0n) is 11.3. The quantitative estimate of drug-likeness (QED) is 0.735. The number of hydrogen-bond donors (Lipinski definition) is 0. The minimum absolute atomic E-state index is 0.185. The Kier molecular flexibility index (Phi) is 3.69. The first-order valence-corrected chi connectivity index (χ1v) is 6.57. The van der Waals surface area contributed by atoms with E-state index in [-0.39, 0.29) is 5.91 Å². The molecule has 0 aliphatic heterocycles. The summed E-state index contributed by atoms with van der Waals surface area (Å²) in [6, 6.07) is 20.6. The fraction of sp³-hybridized carbons (Fsp3) is 0. The van der Waals surface area contributed by atoms with Crippen LogP contribution in [0.4, 0.5) is 11.4 Å². The van der Waals surface area contributed by atoms with Crippen LogP contribution in [0.5, 0.6) is 0 Å². The minimum atomic E-state index is -0.185. The van der Waals surface area contributed by atoms with E-state index in [1.807, 2.05) is 60.7 Å². The molecule has 0 saturated heterocycles. The molecule has 102 valence electrons. The Morgan fingerprint density at radius 1 is 0.810 bits per heavy atom. The molecule has 3 rings (SSSR count). The van der Waals surface area contributed by atoms with Gasteiger partial charge in [-0.3, -0.25) is 9.69 Å². The van der Waals surface area contributed by atoms with Gasteiger partial charge in [-0.15, -0.1) is 0 Å². The highest BCUT2D eigenvalue weighted by atomic mass is 16.2. The maximum Gasteiger partial charge on any atom is 0.281 e. The van der Waals surface area contributed by atoms with Gasteiger partial charge in [0.15, 0.2) is 0 Å². The number of carbonyl (C=O) groups is 1. The van der Waals surface area contributed by atoms with Crippen LogP contribution in [-0.4, -0.2) is 15.9 Å². The third-order valence-corrected chi connectivity index (χ3v) is 3.03. The Bertz CT molecular complexity index is 675. The second-order valence-electron chi connectivity index (χ2n) is 4.41. The van der Waals surface area contributed by atoms with Gasteiger partial charge in [0.05, 0.1) is 0 Å². The summed E-state index contributed by atoms with van der Waals surface area (Å²) in [6.45, 7) is 0. The molecule has 0 unspecified atom stereocenters. The largest absolute Gasteiger partial charge is 0.281 e. The number of anilines is 2. The van der Waals surface area contributed by atoms with Crippen molar-refractivity contribution >= 4 is 17.3 Å². The first-order chi connectivity index (χ1) is 10.4. The maximum absolute atomic E-state index is 12.8. The number of rotatable bonds is 3. The highest BCUT2D eigenvalue weighted by Crippen LogP contribution is 2.26. The predicted molar refractivity (Wildman–Crippen MR) is 81.4 cm³/mol. The summed E-state index contributed by atoms with van der Waals surface area (Å²) in [7, 11) is 0. The number of para-hydroxylation sites is 2. The lowest BCUT2D eigenvalue weighted by Gasteiger charge is -2.22. The van der Waals surface area contributed by atoms with E-state index >= 15 is 0 Å². The van der Waals surface area contributed by atoms with Crippen LogP contribution in [0, 0.1) is 0 Å². The summed E-state index contributed by atoms with van der Waals surface area (Å²) in [4.78, 5) is 22.3. The number of nitrogens with zero attached hydrogens (tertiary/aromatic N) is 3. The van der Waals surface area contributed by atoms with Crippen molar-refractivity contribution < 1.29 is 4.79 Å². The van der Waals surface area contributed by atoms with Gasteiger partial charge in [-0.2, -0.15) is 0 Å². The molecule has 3 aromatic rings. The second kappa shape index (κ2) is 5.96. The van der Waals surface area contributed by atoms with Crippen LogP contribution in [0.2, 0.25) is 0 Å². The highest BCUT2D eigenvalue weighted by Gasteiger charge is 2.20. The molecule has 0 N–H and O–H groups in total. The zero-order valence-corrected chi connectivity index (χ0v) is 11.3. The average molecular weight is 275 g/mol. The monoisotopic (exact) mass is 275 g/mol. The smallest absolute Gasteiger partial charge is 0.276 e. The Morgan fingerprint density at radius 2 is 1.38 bits per heavy atom. The van der Waals surface area contributed by atoms with E-state index in [0.29, 0.717) is 5.69 Å². The van der Waals surface area contributed by atoms with E-state index in [1.54, 1.807) is 17.2 Å². The summed E-state index contributed by atoms with van der Waals surface area (Å²) in [5, 5.41) is 0. The van der Waals surface area contributed by atoms with Gasteiger partial charge in [0.2, 0.25) is 0 Å². The van der Waals surface area contributed by atoms with E-state index in [0.717, 1.165) is 11.4 Å². The molecule has 0 fully saturated rings. The van der Waals surface area contributed by atoms with Crippen LogP contribution >= 0.6 is 0 Å². The van der Waals surface area contributed by atoms with Crippen molar-refractivity contribution in [2.24, 2.45) is 0 Å². The molecule has 4 nitrogen and oxygen atoms in total. The lowest BCUT2D eigenvalue weighted by molar-refractivity contribution is 0.0994. The third kappa shape index (κ3) is 2.79. The van der Waals surface area contributed by atoms with Crippen LogP contribution in [-0.2, 0) is 0 Å². The van der Waals surface area contributed by atoms with E-state index in [4.69, 9.17) is 0 Å². The first kappa shape index (κ1) is 13.0. The summed E-state index contributed by atoms with van der Waals surface area (Å²) in [5.74, 6) is -0.185. The lowest BCUT2D eigenvalue weighted by Crippen LogP contribution is -2.26. The Morgan fingerprint density at radius 3 is 1.86 bits per heavy atom. The molecule has 0 saturated carbocycles. The standard InChI is InChI=1S/C17H13N3O/c21-17(16-11-12-18-13-19-16)20(14-7-3-1-4-8-14)15-9-5-2-6-10-15/h1-13H. The van der Waals surface area contributed by atoms with Crippen molar-refractivity contribution in [3.63, 3.8) is 0 Å². The van der Waals surface area contributed by atoms with Crippen LogP contribution in [0.25, 0.3) is 0 Å². The SMILES string of the molecule is O=C(c1ccncn1)N(c1ccccc1)c1ccccc1. The number of aromatic nitrogens is 2. The second-order valence-corrected chi connectivity index (χ2v) is 4.41. The van der Waals surface area contributed by atoms with E-state index in [1.165, 1.54) is 6.33 Å². The van der Waals surface area contributed by atoms with Gasteiger partial charge in [0.1, 0.15) is 12.0 Å². The number of benzene rings is 2. The van der Waals surface area contributed by atoms with E-state index < -0.39 is 0 Å². The lowest BCUT2D eigenvalue weighted by atomic mass is 10.2. The van der Waals surface area contributed by atoms with Gasteiger partial charge < -0.3 is 0 Å². The Hall–Kier alpha value is -3.01. The van der Waals surface area contributed by atoms with Gasteiger partial charge in [-0.05, 0) is 30.3 Å². The van der Waals surface area contributed by atoms with E-state index in [2.05, 4.69) is 9.97 Å². The fourth-order valence-electron chi connectivity index (χ4n) is 2.07. The van der Waals surface area contributed by atoms with Crippen molar-refractivity contribution in [3.05, 3.63) is 84.9 Å². The van der Waals surface area contributed by atoms with Gasteiger partial charge in [-0.1, -0.05) is 36.4 Å². The number of amides is 1. The summed E-state index contributed by atoms with van der Waals surface area (Å²) in [6.07, 6.45) is 2.94. The molecule has 0 aliphatic carbocycles. The summed E-state index contributed by atoms with van der Waals surface area (Å²) < 4.78 is 0. The highest BCUT2D eigenvalue weighted by molar-refractivity contribution is 6.09. The molecule has 0 atom stereocenters. The number of hydrogen-bond acceptors (Lipinski definition) is 3. The molecular formula is C17H13N3O. The van der Waals surface area contributed by atoms with Crippen LogP contribution < -0.4 is 4.90 Å². The molecule has 2 aromatic carbocycles.